The van der Waals surface area contributed by atoms with Gasteiger partial charge < -0.3 is 10.5 Å². The molecule has 0 aliphatic heterocycles. The van der Waals surface area contributed by atoms with Gasteiger partial charge in [-0.2, -0.15) is 0 Å². The quantitative estimate of drug-likeness (QED) is 0.777. The van der Waals surface area contributed by atoms with Crippen LogP contribution in [-0.4, -0.2) is 39.5 Å². The van der Waals surface area contributed by atoms with Gasteiger partial charge in [0, 0.05) is 19.2 Å². The van der Waals surface area contributed by atoms with Crippen molar-refractivity contribution in [1.29, 1.82) is 0 Å². The highest BCUT2D eigenvalue weighted by Gasteiger charge is 2.26. The lowest BCUT2D eigenvalue weighted by Crippen LogP contribution is -2.44. The number of nitrogens with two attached hydrogens (primary N) is 1. The van der Waals surface area contributed by atoms with Crippen molar-refractivity contribution in [3.8, 4) is 0 Å². The Morgan fingerprint density at radius 1 is 1.35 bits per heavy atom. The van der Waals surface area contributed by atoms with Gasteiger partial charge in [0.1, 0.15) is 0 Å². The highest BCUT2D eigenvalue weighted by atomic mass is 35.5. The van der Waals surface area contributed by atoms with Gasteiger partial charge >= 0.3 is 0 Å². The maximum absolute atomic E-state index is 11.8. The summed E-state index contributed by atoms with van der Waals surface area (Å²) in [4.78, 5) is 0. The van der Waals surface area contributed by atoms with Gasteiger partial charge in [-0.3, -0.25) is 0 Å². The summed E-state index contributed by atoms with van der Waals surface area (Å²) in [5.74, 6) is 0. The minimum atomic E-state index is -3.26. The molecule has 3 N–H and O–H groups in total. The monoisotopic (exact) mass is 286 g/mol. The molecule has 7 heteroatoms. The minimum absolute atomic E-state index is 0. The topological polar surface area (TPSA) is 81.4 Å². The number of sulfonamides is 1. The first-order chi connectivity index (χ1) is 7.45. The maximum atomic E-state index is 11.8. The van der Waals surface area contributed by atoms with E-state index in [9.17, 15) is 8.42 Å². The second kappa shape index (κ2) is 7.53. The van der Waals surface area contributed by atoms with E-state index in [1.807, 2.05) is 0 Å². The molecule has 0 aromatic rings. The van der Waals surface area contributed by atoms with Gasteiger partial charge in [-0.05, 0) is 32.6 Å². The molecule has 0 saturated heterocycles. The molecule has 17 heavy (non-hydrogen) atoms. The molecule has 1 aliphatic carbocycles. The zero-order valence-corrected chi connectivity index (χ0v) is 12.0. The Hall–Kier alpha value is 0.120. The van der Waals surface area contributed by atoms with Crippen molar-refractivity contribution >= 4 is 22.4 Å². The summed E-state index contributed by atoms with van der Waals surface area (Å²) in [6.07, 6.45) is 3.46. The molecular formula is C10H23ClN2O3S. The van der Waals surface area contributed by atoms with Crippen LogP contribution in [0, 0.1) is 0 Å². The molecule has 0 aromatic heterocycles. The Morgan fingerprint density at radius 2 is 1.88 bits per heavy atom. The van der Waals surface area contributed by atoms with E-state index in [1.54, 1.807) is 6.92 Å². The van der Waals surface area contributed by atoms with E-state index in [-0.39, 0.29) is 31.1 Å². The van der Waals surface area contributed by atoms with Crippen LogP contribution in [-0.2, 0) is 14.8 Å². The van der Waals surface area contributed by atoms with Gasteiger partial charge in [0.15, 0.2) is 0 Å². The molecule has 0 heterocycles. The van der Waals surface area contributed by atoms with Gasteiger partial charge in [-0.25, -0.2) is 13.1 Å². The third-order valence-electron chi connectivity index (χ3n) is 3.03. The van der Waals surface area contributed by atoms with E-state index in [0.29, 0.717) is 0 Å². The third-order valence-corrected chi connectivity index (χ3v) is 4.89. The van der Waals surface area contributed by atoms with Gasteiger partial charge in [-0.1, -0.05) is 0 Å². The van der Waals surface area contributed by atoms with Gasteiger partial charge in [0.2, 0.25) is 10.0 Å². The Balaban J connectivity index is 0.00000256. The smallest absolute Gasteiger partial charge is 0.216 e. The van der Waals surface area contributed by atoms with Crippen molar-refractivity contribution < 1.29 is 13.2 Å². The van der Waals surface area contributed by atoms with Crippen molar-refractivity contribution in [1.82, 2.24) is 4.72 Å². The molecule has 5 nitrogen and oxygen atoms in total. The van der Waals surface area contributed by atoms with E-state index < -0.39 is 15.3 Å². The summed E-state index contributed by atoms with van der Waals surface area (Å²) in [6, 6.07) is 0.279. The Kier molecular flexibility index (Phi) is 7.58. The zero-order valence-electron chi connectivity index (χ0n) is 10.4. The lowest BCUT2D eigenvalue weighted by Gasteiger charge is -2.27. The average Bonchev–Trinajstić information content (AvgIpc) is 2.21. The van der Waals surface area contributed by atoms with Gasteiger partial charge in [-0.15, -0.1) is 12.4 Å². The number of methoxy groups -OCH3 is 1. The van der Waals surface area contributed by atoms with Crippen LogP contribution in [0.25, 0.3) is 0 Å². The minimum Gasteiger partial charge on any atom is -0.383 e. The van der Waals surface area contributed by atoms with Crippen LogP contribution < -0.4 is 10.5 Å². The van der Waals surface area contributed by atoms with Crippen molar-refractivity contribution in [3.05, 3.63) is 0 Å². The summed E-state index contributed by atoms with van der Waals surface area (Å²) in [5, 5.41) is -0.506. The fraction of sp³-hybridized carbons (Fsp3) is 1.00. The Bertz CT molecular complexity index is 303. The predicted octanol–water partition coefficient (Wildman–Crippen LogP) is 0.632. The lowest BCUT2D eigenvalue weighted by molar-refractivity contribution is 0.199. The third kappa shape index (κ3) is 5.52. The van der Waals surface area contributed by atoms with Gasteiger partial charge in [0.05, 0.1) is 11.9 Å². The molecular weight excluding hydrogens is 264 g/mol. The molecule has 0 aromatic carbocycles. The van der Waals surface area contributed by atoms with Crippen LogP contribution in [0.15, 0.2) is 0 Å². The number of halogens is 1. The molecule has 0 amide bonds. The number of nitrogens with one attached hydrogen (secondary N) is 1. The van der Waals surface area contributed by atoms with Crippen molar-refractivity contribution in [2.45, 2.75) is 49.9 Å². The number of rotatable bonds is 5. The molecule has 0 spiro atoms. The molecule has 104 valence electrons. The summed E-state index contributed by atoms with van der Waals surface area (Å²) < 4.78 is 31.3. The van der Waals surface area contributed by atoms with Crippen molar-refractivity contribution in [2.75, 3.05) is 13.7 Å². The molecule has 1 saturated carbocycles. The second-order valence-electron chi connectivity index (χ2n) is 4.54. The molecule has 1 rings (SSSR count). The summed E-state index contributed by atoms with van der Waals surface area (Å²) in [5.41, 5.74) is 5.77. The highest BCUT2D eigenvalue weighted by molar-refractivity contribution is 7.90. The first-order valence-corrected chi connectivity index (χ1v) is 7.26. The van der Waals surface area contributed by atoms with Crippen molar-refractivity contribution in [2.24, 2.45) is 5.73 Å². The summed E-state index contributed by atoms with van der Waals surface area (Å²) >= 11 is 0. The predicted molar refractivity (Wildman–Crippen MR) is 70.9 cm³/mol. The van der Waals surface area contributed by atoms with Crippen molar-refractivity contribution in [3.63, 3.8) is 0 Å². The number of hydrogen-bond acceptors (Lipinski definition) is 4. The number of ether oxygens (including phenoxy) is 1. The number of hydrogen-bond donors (Lipinski definition) is 2. The highest BCUT2D eigenvalue weighted by Crippen LogP contribution is 2.18. The average molecular weight is 287 g/mol. The molecule has 0 radical (unpaired) electrons. The fourth-order valence-electron chi connectivity index (χ4n) is 1.91. The largest absolute Gasteiger partial charge is 0.383 e. The second-order valence-corrected chi connectivity index (χ2v) is 6.67. The molecule has 0 bridgehead atoms. The normalized spacial score (nSPS) is 27.2. The zero-order chi connectivity index (χ0) is 12.2. The van der Waals surface area contributed by atoms with Gasteiger partial charge in [0.25, 0.3) is 0 Å². The SMILES string of the molecule is COCC(C)S(=O)(=O)NC1CCC(N)CC1.Cl. The first kappa shape index (κ1) is 17.1. The Labute approximate surface area is 110 Å². The molecule has 1 unspecified atom stereocenters. The van der Waals surface area contributed by atoms with E-state index >= 15 is 0 Å². The fourth-order valence-corrected chi connectivity index (χ4v) is 3.16. The van der Waals surface area contributed by atoms with E-state index in [1.165, 1.54) is 7.11 Å². The van der Waals surface area contributed by atoms with Crippen LogP contribution >= 0.6 is 12.4 Å². The standard InChI is InChI=1S/C10H22N2O3S.ClH/c1-8(7-15-2)16(13,14)12-10-5-3-9(11)4-6-10;/h8-10,12H,3-7,11H2,1-2H3;1H. The lowest BCUT2D eigenvalue weighted by atomic mass is 9.93. The maximum Gasteiger partial charge on any atom is 0.216 e. The van der Waals surface area contributed by atoms with Crippen LogP contribution in [0.1, 0.15) is 32.6 Å². The van der Waals surface area contributed by atoms with Crippen LogP contribution in [0.3, 0.4) is 0 Å². The Morgan fingerprint density at radius 3 is 2.35 bits per heavy atom. The van der Waals surface area contributed by atoms with E-state index in [2.05, 4.69) is 4.72 Å². The molecule has 1 atom stereocenters. The van der Waals surface area contributed by atoms with Crippen LogP contribution in [0.5, 0.6) is 0 Å². The summed E-state index contributed by atoms with van der Waals surface area (Å²) in [6.45, 7) is 1.88. The van der Waals surface area contributed by atoms with E-state index in [4.69, 9.17) is 10.5 Å². The molecule has 1 fully saturated rings. The van der Waals surface area contributed by atoms with Crippen LogP contribution in [0.4, 0.5) is 0 Å². The van der Waals surface area contributed by atoms with Crippen LogP contribution in [0.2, 0.25) is 0 Å². The van der Waals surface area contributed by atoms with E-state index in [0.717, 1.165) is 25.7 Å². The molecule has 1 aliphatic rings. The summed E-state index contributed by atoms with van der Waals surface area (Å²) in [7, 11) is -1.75. The first-order valence-electron chi connectivity index (χ1n) is 5.71.